The summed E-state index contributed by atoms with van der Waals surface area (Å²) in [6, 6.07) is 0.976. The first kappa shape index (κ1) is 15.3. The number of nitro groups is 1. The summed E-state index contributed by atoms with van der Waals surface area (Å²) >= 11 is 0. The molecule has 114 valence electrons. The molecular weight excluding hydrogens is 284 g/mol. The minimum absolute atomic E-state index is 0.316. The van der Waals surface area contributed by atoms with E-state index in [1.54, 1.807) is 0 Å². The number of nitrogens with zero attached hydrogens (tertiary/aromatic N) is 2. The van der Waals surface area contributed by atoms with Crippen LogP contribution in [0.2, 0.25) is 0 Å². The van der Waals surface area contributed by atoms with Crippen molar-refractivity contribution < 1.29 is 18.5 Å². The lowest BCUT2D eigenvalue weighted by atomic mass is 10.1. The second kappa shape index (κ2) is 6.57. The molecule has 21 heavy (non-hydrogen) atoms. The van der Waals surface area contributed by atoms with Gasteiger partial charge < -0.3 is 10.2 Å². The average molecular weight is 299 g/mol. The molecule has 1 aliphatic heterocycles. The van der Waals surface area contributed by atoms with E-state index in [1.165, 1.54) is 0 Å². The highest BCUT2D eigenvalue weighted by Crippen LogP contribution is 2.21. The van der Waals surface area contributed by atoms with E-state index in [-0.39, 0.29) is 0 Å². The predicted octanol–water partition coefficient (Wildman–Crippen LogP) is 1.70. The number of hydrogen-bond donors (Lipinski definition) is 1. The highest BCUT2D eigenvalue weighted by atomic mass is 19.1. The number of rotatable bonds is 5. The van der Waals surface area contributed by atoms with Gasteiger partial charge in [0.25, 0.3) is 5.91 Å². The third kappa shape index (κ3) is 3.72. The summed E-state index contributed by atoms with van der Waals surface area (Å²) in [5.41, 5.74) is -1.51. The normalized spacial score (nSPS) is 15.1. The minimum atomic E-state index is -1.23. The SMILES string of the molecule is O=C(NCCN1CCCC1)c1cc(F)c([N+](=O)[O-])cc1F. The average Bonchev–Trinajstić information content (AvgIpc) is 2.93. The van der Waals surface area contributed by atoms with Gasteiger partial charge in [-0.2, -0.15) is 4.39 Å². The molecule has 0 spiro atoms. The highest BCUT2D eigenvalue weighted by Gasteiger charge is 2.22. The summed E-state index contributed by atoms with van der Waals surface area (Å²) in [6.45, 7) is 2.90. The van der Waals surface area contributed by atoms with Crippen molar-refractivity contribution in [2.45, 2.75) is 12.8 Å². The lowest BCUT2D eigenvalue weighted by Gasteiger charge is -2.14. The van der Waals surface area contributed by atoms with Gasteiger partial charge in [-0.25, -0.2) is 4.39 Å². The van der Waals surface area contributed by atoms with Gasteiger partial charge in [-0.3, -0.25) is 14.9 Å². The second-order valence-electron chi connectivity index (χ2n) is 4.85. The van der Waals surface area contributed by atoms with Crippen LogP contribution in [0.5, 0.6) is 0 Å². The van der Waals surface area contributed by atoms with Crippen molar-refractivity contribution in [3.05, 3.63) is 39.4 Å². The van der Waals surface area contributed by atoms with Crippen LogP contribution in [-0.2, 0) is 0 Å². The Kier molecular flexibility index (Phi) is 4.79. The maximum atomic E-state index is 13.6. The van der Waals surface area contributed by atoms with Crippen LogP contribution in [0, 0.1) is 21.7 Å². The third-order valence-electron chi connectivity index (χ3n) is 3.39. The maximum Gasteiger partial charge on any atom is 0.307 e. The molecule has 2 rings (SSSR count). The topological polar surface area (TPSA) is 75.5 Å². The van der Waals surface area contributed by atoms with Crippen molar-refractivity contribution in [2.75, 3.05) is 26.2 Å². The quantitative estimate of drug-likeness (QED) is 0.663. The summed E-state index contributed by atoms with van der Waals surface area (Å²) in [6.07, 6.45) is 2.24. The van der Waals surface area contributed by atoms with Gasteiger partial charge in [-0.15, -0.1) is 0 Å². The van der Waals surface area contributed by atoms with Crippen LogP contribution in [0.4, 0.5) is 14.5 Å². The van der Waals surface area contributed by atoms with Crippen LogP contribution in [0.25, 0.3) is 0 Å². The highest BCUT2D eigenvalue weighted by molar-refractivity contribution is 5.94. The molecule has 8 heteroatoms. The lowest BCUT2D eigenvalue weighted by molar-refractivity contribution is -0.387. The number of likely N-dealkylation sites (tertiary alicyclic amines) is 1. The Morgan fingerprint density at radius 1 is 1.29 bits per heavy atom. The zero-order chi connectivity index (χ0) is 15.4. The van der Waals surface area contributed by atoms with E-state index >= 15 is 0 Å². The summed E-state index contributed by atoms with van der Waals surface area (Å²) < 4.78 is 27.0. The molecular formula is C13H15F2N3O3. The second-order valence-corrected chi connectivity index (χ2v) is 4.85. The zero-order valence-electron chi connectivity index (χ0n) is 11.3. The van der Waals surface area contributed by atoms with E-state index in [0.29, 0.717) is 25.2 Å². The van der Waals surface area contributed by atoms with Gasteiger partial charge >= 0.3 is 5.69 Å². The van der Waals surface area contributed by atoms with E-state index in [4.69, 9.17) is 0 Å². The van der Waals surface area contributed by atoms with Gasteiger partial charge in [0.2, 0.25) is 5.82 Å². The molecule has 1 aromatic carbocycles. The number of hydrogen-bond acceptors (Lipinski definition) is 4. The summed E-state index contributed by atoms with van der Waals surface area (Å²) in [4.78, 5) is 23.4. The molecule has 0 aromatic heterocycles. The molecule has 1 heterocycles. The summed E-state index contributed by atoms with van der Waals surface area (Å²) in [5, 5.41) is 13.0. The molecule has 1 fully saturated rings. The number of nitrogens with one attached hydrogen (secondary N) is 1. The predicted molar refractivity (Wildman–Crippen MR) is 71.0 cm³/mol. The Morgan fingerprint density at radius 3 is 2.57 bits per heavy atom. The first-order valence-corrected chi connectivity index (χ1v) is 6.63. The molecule has 1 N–H and O–H groups in total. The van der Waals surface area contributed by atoms with Gasteiger partial charge in [-0.05, 0) is 32.0 Å². The van der Waals surface area contributed by atoms with E-state index in [0.717, 1.165) is 25.9 Å². The Morgan fingerprint density at radius 2 is 1.95 bits per heavy atom. The number of carbonyl (C=O) groups excluding carboxylic acids is 1. The molecule has 6 nitrogen and oxygen atoms in total. The molecule has 0 atom stereocenters. The van der Waals surface area contributed by atoms with Crippen LogP contribution in [0.3, 0.4) is 0 Å². The van der Waals surface area contributed by atoms with E-state index in [1.807, 2.05) is 0 Å². The van der Waals surface area contributed by atoms with Crippen LogP contribution < -0.4 is 5.32 Å². The van der Waals surface area contributed by atoms with E-state index < -0.39 is 33.7 Å². The fourth-order valence-electron chi connectivity index (χ4n) is 2.28. The van der Waals surface area contributed by atoms with Crippen molar-refractivity contribution >= 4 is 11.6 Å². The zero-order valence-corrected chi connectivity index (χ0v) is 11.3. The fraction of sp³-hybridized carbons (Fsp3) is 0.462. The van der Waals surface area contributed by atoms with E-state index in [2.05, 4.69) is 10.2 Å². The molecule has 1 aliphatic rings. The molecule has 1 aromatic rings. The van der Waals surface area contributed by atoms with Crippen molar-refractivity contribution in [1.29, 1.82) is 0 Å². The monoisotopic (exact) mass is 299 g/mol. The van der Waals surface area contributed by atoms with E-state index in [9.17, 15) is 23.7 Å². The molecule has 0 saturated carbocycles. The van der Waals surface area contributed by atoms with Crippen molar-refractivity contribution in [2.24, 2.45) is 0 Å². The maximum absolute atomic E-state index is 13.6. The molecule has 0 bridgehead atoms. The van der Waals surface area contributed by atoms with Crippen molar-refractivity contribution in [1.82, 2.24) is 10.2 Å². The van der Waals surface area contributed by atoms with Crippen LogP contribution >= 0.6 is 0 Å². The minimum Gasteiger partial charge on any atom is -0.351 e. The number of benzene rings is 1. The standard InChI is InChI=1S/C13H15F2N3O3/c14-10-8-12(18(20)21)11(15)7-9(10)13(19)16-3-6-17-4-1-2-5-17/h7-8H,1-6H2,(H,16,19). The van der Waals surface area contributed by atoms with Gasteiger partial charge in [0, 0.05) is 13.1 Å². The van der Waals surface area contributed by atoms with Crippen molar-refractivity contribution in [3.8, 4) is 0 Å². The van der Waals surface area contributed by atoms with Crippen LogP contribution in [0.15, 0.2) is 12.1 Å². The molecule has 1 amide bonds. The summed E-state index contributed by atoms with van der Waals surface area (Å²) in [7, 11) is 0. The molecule has 0 aliphatic carbocycles. The number of amides is 1. The first-order chi connectivity index (χ1) is 9.99. The van der Waals surface area contributed by atoms with Gasteiger partial charge in [0.05, 0.1) is 16.6 Å². The Hall–Kier alpha value is -2.09. The molecule has 1 saturated heterocycles. The summed E-state index contributed by atoms with van der Waals surface area (Å²) in [5.74, 6) is -3.12. The Labute approximate surface area is 119 Å². The van der Waals surface area contributed by atoms with Gasteiger partial charge in [-0.1, -0.05) is 0 Å². The molecule has 0 unspecified atom stereocenters. The number of carbonyl (C=O) groups is 1. The number of nitro benzene ring substituents is 1. The third-order valence-corrected chi connectivity index (χ3v) is 3.39. The number of halogens is 2. The smallest absolute Gasteiger partial charge is 0.307 e. The largest absolute Gasteiger partial charge is 0.351 e. The first-order valence-electron chi connectivity index (χ1n) is 6.63. The van der Waals surface area contributed by atoms with Crippen LogP contribution in [0.1, 0.15) is 23.2 Å². The lowest BCUT2D eigenvalue weighted by Crippen LogP contribution is -2.33. The van der Waals surface area contributed by atoms with Crippen molar-refractivity contribution in [3.63, 3.8) is 0 Å². The van der Waals surface area contributed by atoms with Gasteiger partial charge in [0.15, 0.2) is 0 Å². The Bertz CT molecular complexity index is 560. The fourth-order valence-corrected chi connectivity index (χ4v) is 2.28. The van der Waals surface area contributed by atoms with Gasteiger partial charge in [0.1, 0.15) is 5.82 Å². The Balaban J connectivity index is 1.98. The molecule has 0 radical (unpaired) electrons. The van der Waals surface area contributed by atoms with Crippen LogP contribution in [-0.4, -0.2) is 41.9 Å².